The number of carbonyl (C=O) groups is 2. The number of hydrogen-bond donors (Lipinski definition) is 3. The Labute approximate surface area is 119 Å². The molecule has 2 fully saturated rings. The van der Waals surface area contributed by atoms with Gasteiger partial charge in [-0.2, -0.15) is 0 Å². The summed E-state index contributed by atoms with van der Waals surface area (Å²) in [5.74, 6) is -0.903. The van der Waals surface area contributed by atoms with Gasteiger partial charge in [0.25, 0.3) is 0 Å². The topological polar surface area (TPSA) is 89.9 Å². The van der Waals surface area contributed by atoms with E-state index in [1.54, 1.807) is 4.90 Å². The van der Waals surface area contributed by atoms with Crippen LogP contribution in [0.3, 0.4) is 0 Å². The molecule has 0 aromatic carbocycles. The highest BCUT2D eigenvalue weighted by molar-refractivity contribution is 5.77. The lowest BCUT2D eigenvalue weighted by atomic mass is 9.95. The molecule has 0 bridgehead atoms. The molecule has 2 rings (SSSR count). The van der Waals surface area contributed by atoms with E-state index >= 15 is 0 Å². The lowest BCUT2D eigenvalue weighted by Gasteiger charge is -2.33. The maximum atomic E-state index is 12.2. The lowest BCUT2D eigenvalue weighted by molar-refractivity contribution is -0.142. The second kappa shape index (κ2) is 6.92. The van der Waals surface area contributed by atoms with Crippen LogP contribution in [0.25, 0.3) is 0 Å². The molecule has 6 heteroatoms. The van der Waals surface area contributed by atoms with E-state index in [-0.39, 0.29) is 18.7 Å². The summed E-state index contributed by atoms with van der Waals surface area (Å²) in [5.41, 5.74) is 0. The highest BCUT2D eigenvalue weighted by Gasteiger charge is 2.35. The van der Waals surface area contributed by atoms with Gasteiger partial charge in [-0.25, -0.2) is 4.79 Å². The number of hydrogen-bond acceptors (Lipinski definition) is 3. The summed E-state index contributed by atoms with van der Waals surface area (Å²) in [6, 6.07) is -0.385. The summed E-state index contributed by atoms with van der Waals surface area (Å²) in [6.45, 7) is 1.54. The Morgan fingerprint density at radius 3 is 2.70 bits per heavy atom. The molecule has 3 N–H and O–H groups in total. The number of amides is 2. The van der Waals surface area contributed by atoms with E-state index in [0.29, 0.717) is 18.9 Å². The average Bonchev–Trinajstić information content (AvgIpc) is 2.88. The first-order valence-electron chi connectivity index (χ1n) is 7.51. The molecule has 3 atom stereocenters. The van der Waals surface area contributed by atoms with Crippen LogP contribution in [0.2, 0.25) is 0 Å². The minimum atomic E-state index is -0.815. The molecular formula is C14H24N2O4. The number of aliphatic hydroxyl groups is 1. The minimum absolute atomic E-state index is 0.147. The van der Waals surface area contributed by atoms with Crippen LogP contribution in [0.15, 0.2) is 0 Å². The fourth-order valence-corrected chi connectivity index (χ4v) is 3.35. The third kappa shape index (κ3) is 3.62. The number of carboxylic acids is 1. The van der Waals surface area contributed by atoms with Crippen molar-refractivity contribution < 1.29 is 19.8 Å². The van der Waals surface area contributed by atoms with Gasteiger partial charge in [-0.15, -0.1) is 0 Å². The fraction of sp³-hybridized carbons (Fsp3) is 0.857. The van der Waals surface area contributed by atoms with Crippen molar-refractivity contribution in [2.45, 2.75) is 44.6 Å². The first-order valence-corrected chi connectivity index (χ1v) is 7.51. The molecule has 0 radical (unpaired) electrons. The number of carboxylic acid groups (broad SMARTS) is 1. The van der Waals surface area contributed by atoms with Gasteiger partial charge in [-0.05, 0) is 38.0 Å². The van der Waals surface area contributed by atoms with Gasteiger partial charge in [-0.3, -0.25) is 4.79 Å². The third-order valence-electron chi connectivity index (χ3n) is 4.49. The van der Waals surface area contributed by atoms with E-state index in [2.05, 4.69) is 5.32 Å². The van der Waals surface area contributed by atoms with Crippen LogP contribution in [0.4, 0.5) is 4.79 Å². The number of likely N-dealkylation sites (tertiary alicyclic amines) is 1. The molecule has 2 amide bonds. The Morgan fingerprint density at radius 2 is 2.00 bits per heavy atom. The molecule has 1 aliphatic heterocycles. The van der Waals surface area contributed by atoms with Gasteiger partial charge < -0.3 is 20.4 Å². The largest absolute Gasteiger partial charge is 0.481 e. The molecule has 2 aliphatic rings. The zero-order valence-corrected chi connectivity index (χ0v) is 11.8. The van der Waals surface area contributed by atoms with Crippen molar-refractivity contribution in [2.75, 3.05) is 19.7 Å². The minimum Gasteiger partial charge on any atom is -0.481 e. The normalized spacial score (nSPS) is 30.2. The predicted molar refractivity (Wildman–Crippen MR) is 73.3 cm³/mol. The first kappa shape index (κ1) is 15.1. The predicted octanol–water partition coefficient (Wildman–Crippen LogP) is 1.04. The molecule has 20 heavy (non-hydrogen) atoms. The molecule has 1 saturated carbocycles. The van der Waals surface area contributed by atoms with E-state index < -0.39 is 11.9 Å². The van der Waals surface area contributed by atoms with E-state index in [1.807, 2.05) is 0 Å². The highest BCUT2D eigenvalue weighted by Crippen LogP contribution is 2.26. The average molecular weight is 284 g/mol. The molecular weight excluding hydrogens is 260 g/mol. The van der Waals surface area contributed by atoms with Crippen LogP contribution in [-0.2, 0) is 4.79 Å². The summed E-state index contributed by atoms with van der Waals surface area (Å²) in [4.78, 5) is 25.1. The number of nitrogens with one attached hydrogen (secondary N) is 1. The van der Waals surface area contributed by atoms with Crippen LogP contribution in [-0.4, -0.2) is 52.9 Å². The molecule has 0 spiro atoms. The molecule has 0 aromatic heterocycles. The van der Waals surface area contributed by atoms with Crippen molar-refractivity contribution in [3.05, 3.63) is 0 Å². The molecule has 3 unspecified atom stereocenters. The zero-order chi connectivity index (χ0) is 14.5. The van der Waals surface area contributed by atoms with Gasteiger partial charge in [-0.1, -0.05) is 6.42 Å². The molecule has 6 nitrogen and oxygen atoms in total. The summed E-state index contributed by atoms with van der Waals surface area (Å²) >= 11 is 0. The van der Waals surface area contributed by atoms with Crippen LogP contribution < -0.4 is 5.32 Å². The van der Waals surface area contributed by atoms with Crippen molar-refractivity contribution in [3.8, 4) is 0 Å². The van der Waals surface area contributed by atoms with Gasteiger partial charge in [0, 0.05) is 25.7 Å². The van der Waals surface area contributed by atoms with E-state index in [0.717, 1.165) is 38.6 Å². The Hall–Kier alpha value is -1.30. The second-order valence-corrected chi connectivity index (χ2v) is 5.90. The van der Waals surface area contributed by atoms with E-state index in [9.17, 15) is 9.59 Å². The van der Waals surface area contributed by atoms with Gasteiger partial charge in [0.2, 0.25) is 0 Å². The van der Waals surface area contributed by atoms with Gasteiger partial charge in [0.15, 0.2) is 0 Å². The first-order chi connectivity index (χ1) is 9.61. The van der Waals surface area contributed by atoms with Crippen molar-refractivity contribution in [1.29, 1.82) is 0 Å². The number of aliphatic carboxylic acids is 1. The quantitative estimate of drug-likeness (QED) is 0.719. The molecule has 1 heterocycles. The number of piperidine rings is 1. The number of rotatable bonds is 4. The summed E-state index contributed by atoms with van der Waals surface area (Å²) < 4.78 is 0. The van der Waals surface area contributed by atoms with Crippen molar-refractivity contribution in [2.24, 2.45) is 11.8 Å². The second-order valence-electron chi connectivity index (χ2n) is 5.90. The smallest absolute Gasteiger partial charge is 0.317 e. The van der Waals surface area contributed by atoms with Crippen molar-refractivity contribution in [1.82, 2.24) is 10.2 Å². The summed E-state index contributed by atoms with van der Waals surface area (Å²) in [6.07, 6.45) is 4.97. The maximum absolute atomic E-state index is 12.2. The van der Waals surface area contributed by atoms with E-state index in [1.165, 1.54) is 0 Å². The number of carbonyl (C=O) groups excluding carboxylic acids is 1. The van der Waals surface area contributed by atoms with Gasteiger partial charge in [0.1, 0.15) is 0 Å². The highest BCUT2D eigenvalue weighted by atomic mass is 16.4. The van der Waals surface area contributed by atoms with E-state index in [4.69, 9.17) is 10.2 Å². The van der Waals surface area contributed by atoms with Crippen LogP contribution in [0.5, 0.6) is 0 Å². The van der Waals surface area contributed by atoms with Crippen LogP contribution >= 0.6 is 0 Å². The summed E-state index contributed by atoms with van der Waals surface area (Å²) in [5, 5.41) is 21.0. The molecule has 1 saturated heterocycles. The van der Waals surface area contributed by atoms with Crippen molar-refractivity contribution in [3.63, 3.8) is 0 Å². The molecule has 114 valence electrons. The number of urea groups is 1. The number of nitrogens with zero attached hydrogens (tertiary/aromatic N) is 1. The zero-order valence-electron chi connectivity index (χ0n) is 11.8. The number of aliphatic hydroxyl groups excluding tert-OH is 1. The van der Waals surface area contributed by atoms with Crippen molar-refractivity contribution >= 4 is 12.0 Å². The Kier molecular flexibility index (Phi) is 5.23. The Bertz CT molecular complexity index is 359. The van der Waals surface area contributed by atoms with Gasteiger partial charge >= 0.3 is 12.0 Å². The molecule has 1 aliphatic carbocycles. The van der Waals surface area contributed by atoms with Gasteiger partial charge in [0.05, 0.1) is 5.92 Å². The lowest BCUT2D eigenvalue weighted by Crippen LogP contribution is -2.50. The standard InChI is InChI=1S/C14H24N2O4/c17-8-6-10-3-2-7-16(9-10)14(20)15-12-5-1-4-11(12)13(18)19/h10-12,17H,1-9H2,(H,15,20)(H,18,19). The molecule has 0 aromatic rings. The SMILES string of the molecule is O=C(O)C1CCCC1NC(=O)N1CCCC(CCO)C1. The summed E-state index contributed by atoms with van der Waals surface area (Å²) in [7, 11) is 0. The third-order valence-corrected chi connectivity index (χ3v) is 4.49. The Morgan fingerprint density at radius 1 is 1.20 bits per heavy atom. The van der Waals surface area contributed by atoms with Crippen LogP contribution in [0, 0.1) is 11.8 Å². The maximum Gasteiger partial charge on any atom is 0.317 e. The monoisotopic (exact) mass is 284 g/mol. The fourth-order valence-electron chi connectivity index (χ4n) is 3.35. The van der Waals surface area contributed by atoms with Crippen LogP contribution in [0.1, 0.15) is 38.5 Å². The Balaban J connectivity index is 1.86.